The molecule has 0 spiro atoms. The normalized spacial score (nSPS) is 12.4. The van der Waals surface area contributed by atoms with E-state index < -0.39 is 18.0 Å². The molecule has 5 nitrogen and oxygen atoms in total. The third-order valence-electron chi connectivity index (χ3n) is 2.06. The van der Waals surface area contributed by atoms with Gasteiger partial charge in [0.15, 0.2) is 5.96 Å². The van der Waals surface area contributed by atoms with Gasteiger partial charge in [-0.05, 0) is 11.6 Å². The fourth-order valence-electron chi connectivity index (χ4n) is 1.11. The van der Waals surface area contributed by atoms with Crippen LogP contribution in [0.1, 0.15) is 5.56 Å². The first-order chi connectivity index (χ1) is 8.70. The number of guanidine groups is 1. The second kappa shape index (κ2) is 5.87. The topological polar surface area (TPSA) is 71.6 Å². The summed E-state index contributed by atoms with van der Waals surface area (Å²) in [4.78, 5) is 18.4. The molecule has 0 aliphatic carbocycles. The van der Waals surface area contributed by atoms with Crippen molar-refractivity contribution in [2.24, 2.45) is 10.7 Å². The van der Waals surface area contributed by atoms with Gasteiger partial charge in [-0.15, -0.1) is 0 Å². The van der Waals surface area contributed by atoms with Crippen LogP contribution in [0.3, 0.4) is 0 Å². The minimum atomic E-state index is -5.03. The number of pyridine rings is 1. The lowest BCUT2D eigenvalue weighted by molar-refractivity contribution is -0.169. The van der Waals surface area contributed by atoms with Gasteiger partial charge in [0.25, 0.3) is 0 Å². The molecule has 1 rings (SSSR count). The lowest BCUT2D eigenvalue weighted by Crippen LogP contribution is -2.36. The molecule has 0 radical (unpaired) electrons. The molecule has 0 unspecified atom stereocenters. The third kappa shape index (κ3) is 4.74. The summed E-state index contributed by atoms with van der Waals surface area (Å²) in [5.41, 5.74) is 5.96. The van der Waals surface area contributed by atoms with Crippen LogP contribution >= 0.6 is 11.6 Å². The van der Waals surface area contributed by atoms with Crippen LogP contribution < -0.4 is 5.73 Å². The summed E-state index contributed by atoms with van der Waals surface area (Å²) in [6, 6.07) is 3.16. The van der Waals surface area contributed by atoms with Crippen molar-refractivity contribution >= 4 is 23.5 Å². The second-order valence-electron chi connectivity index (χ2n) is 3.62. The summed E-state index contributed by atoms with van der Waals surface area (Å²) < 4.78 is 36.0. The number of halogens is 4. The zero-order valence-corrected chi connectivity index (χ0v) is 10.5. The van der Waals surface area contributed by atoms with Crippen molar-refractivity contribution < 1.29 is 18.0 Å². The fourth-order valence-corrected chi connectivity index (χ4v) is 1.22. The van der Waals surface area contributed by atoms with Gasteiger partial charge in [0.2, 0.25) is 0 Å². The van der Waals surface area contributed by atoms with E-state index >= 15 is 0 Å². The second-order valence-corrected chi connectivity index (χ2v) is 4.01. The predicted octanol–water partition coefficient (Wildman–Crippen LogP) is 1.57. The van der Waals surface area contributed by atoms with Gasteiger partial charge < -0.3 is 10.6 Å². The van der Waals surface area contributed by atoms with Crippen molar-refractivity contribution in [3.8, 4) is 0 Å². The SMILES string of the molecule is CN(Cc1ccc(Cl)nc1)C(N)=NC(=O)C(F)(F)F. The lowest BCUT2D eigenvalue weighted by Gasteiger charge is -2.17. The van der Waals surface area contributed by atoms with Crippen molar-refractivity contribution in [1.29, 1.82) is 0 Å². The van der Waals surface area contributed by atoms with Crippen LogP contribution in [0, 0.1) is 0 Å². The Balaban J connectivity index is 2.72. The Morgan fingerprint density at radius 1 is 1.53 bits per heavy atom. The summed E-state index contributed by atoms with van der Waals surface area (Å²) in [5, 5.41) is 0.292. The van der Waals surface area contributed by atoms with E-state index in [0.29, 0.717) is 10.7 Å². The number of hydrogen-bond acceptors (Lipinski definition) is 2. The zero-order valence-electron chi connectivity index (χ0n) is 9.78. The molecule has 0 atom stereocenters. The maximum atomic E-state index is 12.0. The van der Waals surface area contributed by atoms with Gasteiger partial charge in [0, 0.05) is 19.8 Å². The monoisotopic (exact) mass is 294 g/mol. The van der Waals surface area contributed by atoms with Gasteiger partial charge >= 0.3 is 12.1 Å². The first-order valence-electron chi connectivity index (χ1n) is 4.97. The van der Waals surface area contributed by atoms with Crippen LogP contribution in [0.25, 0.3) is 0 Å². The molecule has 0 bridgehead atoms. The first-order valence-corrected chi connectivity index (χ1v) is 5.35. The molecule has 1 aromatic heterocycles. The molecule has 104 valence electrons. The molecule has 9 heteroatoms. The number of carbonyl (C=O) groups excluding carboxylic acids is 1. The van der Waals surface area contributed by atoms with E-state index in [2.05, 4.69) is 9.98 Å². The highest BCUT2D eigenvalue weighted by atomic mass is 35.5. The summed E-state index contributed by atoms with van der Waals surface area (Å²) in [6.45, 7) is 0.143. The molecule has 1 aromatic rings. The first kappa shape index (κ1) is 15.2. The van der Waals surface area contributed by atoms with Crippen LogP contribution in [0.15, 0.2) is 23.3 Å². The number of alkyl halides is 3. The number of amides is 1. The molecule has 0 saturated carbocycles. The van der Waals surface area contributed by atoms with Crippen LogP contribution in [-0.4, -0.2) is 35.0 Å². The van der Waals surface area contributed by atoms with Crippen molar-refractivity contribution in [1.82, 2.24) is 9.88 Å². The zero-order chi connectivity index (χ0) is 14.6. The molecular formula is C10H10ClF3N4O. The molecular weight excluding hydrogens is 285 g/mol. The van der Waals surface area contributed by atoms with Gasteiger partial charge in [0.05, 0.1) is 0 Å². The molecule has 0 fully saturated rings. The number of rotatable bonds is 2. The molecule has 2 N–H and O–H groups in total. The summed E-state index contributed by atoms with van der Waals surface area (Å²) in [6.07, 6.45) is -3.59. The predicted molar refractivity (Wildman–Crippen MR) is 63.4 cm³/mol. The van der Waals surface area contributed by atoms with Crippen LogP contribution in [0.4, 0.5) is 13.2 Å². The highest BCUT2D eigenvalue weighted by molar-refractivity contribution is 6.29. The maximum Gasteiger partial charge on any atom is 0.473 e. The fraction of sp³-hybridized carbons (Fsp3) is 0.300. The summed E-state index contributed by atoms with van der Waals surface area (Å²) in [7, 11) is 1.40. The van der Waals surface area contributed by atoms with Crippen LogP contribution in [0.2, 0.25) is 5.15 Å². The molecule has 19 heavy (non-hydrogen) atoms. The highest BCUT2D eigenvalue weighted by Gasteiger charge is 2.39. The average molecular weight is 295 g/mol. The van der Waals surface area contributed by atoms with E-state index in [4.69, 9.17) is 17.3 Å². The Morgan fingerprint density at radius 2 is 2.16 bits per heavy atom. The molecule has 0 aromatic carbocycles. The standard InChI is InChI=1S/C10H10ClF3N4O/c1-18(5-6-2-3-7(11)16-4-6)9(15)17-8(19)10(12,13)14/h2-4H,5H2,1H3,(H2,15,17,19). The largest absolute Gasteiger partial charge is 0.473 e. The van der Waals surface area contributed by atoms with Gasteiger partial charge in [-0.1, -0.05) is 17.7 Å². The van der Waals surface area contributed by atoms with Crippen molar-refractivity contribution in [2.45, 2.75) is 12.7 Å². The number of hydrogen-bond donors (Lipinski definition) is 1. The number of nitrogens with two attached hydrogens (primary N) is 1. The smallest absolute Gasteiger partial charge is 0.369 e. The number of aliphatic imine (C=N–C) groups is 1. The van der Waals surface area contributed by atoms with E-state index in [1.807, 2.05) is 0 Å². The Morgan fingerprint density at radius 3 is 2.63 bits per heavy atom. The number of carbonyl (C=O) groups is 1. The maximum absolute atomic E-state index is 12.0. The number of nitrogens with zero attached hydrogens (tertiary/aromatic N) is 3. The minimum absolute atomic E-state index is 0.143. The third-order valence-corrected chi connectivity index (χ3v) is 2.28. The Kier molecular flexibility index (Phi) is 4.71. The van der Waals surface area contributed by atoms with Gasteiger partial charge in [0.1, 0.15) is 5.15 Å². The van der Waals surface area contributed by atoms with Gasteiger partial charge in [-0.2, -0.15) is 18.2 Å². The quantitative estimate of drug-likeness (QED) is 0.510. The van der Waals surface area contributed by atoms with Crippen molar-refractivity contribution in [3.63, 3.8) is 0 Å². The molecule has 0 saturated heterocycles. The summed E-state index contributed by atoms with van der Waals surface area (Å²) in [5.74, 6) is -2.77. The van der Waals surface area contributed by atoms with Crippen molar-refractivity contribution in [2.75, 3.05) is 7.05 Å². The van der Waals surface area contributed by atoms with E-state index in [1.165, 1.54) is 24.2 Å². The summed E-state index contributed by atoms with van der Waals surface area (Å²) >= 11 is 5.59. The van der Waals surface area contributed by atoms with E-state index in [-0.39, 0.29) is 6.54 Å². The Labute approximate surface area is 111 Å². The van der Waals surface area contributed by atoms with E-state index in [9.17, 15) is 18.0 Å². The van der Waals surface area contributed by atoms with Crippen LogP contribution in [0.5, 0.6) is 0 Å². The van der Waals surface area contributed by atoms with Gasteiger partial charge in [-0.3, -0.25) is 4.79 Å². The minimum Gasteiger partial charge on any atom is -0.369 e. The van der Waals surface area contributed by atoms with E-state index in [1.54, 1.807) is 6.07 Å². The molecule has 1 amide bonds. The lowest BCUT2D eigenvalue weighted by atomic mass is 10.3. The Hall–Kier alpha value is -1.83. The molecule has 1 heterocycles. The molecule has 0 aliphatic rings. The van der Waals surface area contributed by atoms with Crippen molar-refractivity contribution in [3.05, 3.63) is 29.0 Å². The van der Waals surface area contributed by atoms with Crippen LogP contribution in [-0.2, 0) is 11.3 Å². The Bertz CT molecular complexity index is 487. The van der Waals surface area contributed by atoms with E-state index in [0.717, 1.165) is 0 Å². The average Bonchev–Trinajstić information content (AvgIpc) is 2.30. The number of aromatic nitrogens is 1. The molecule has 0 aliphatic heterocycles. The highest BCUT2D eigenvalue weighted by Crippen LogP contribution is 2.16. The van der Waals surface area contributed by atoms with Gasteiger partial charge in [-0.25, -0.2) is 4.98 Å².